The smallest absolute Gasteiger partial charge is 0.144 e. The molecule has 1 saturated carbocycles. The maximum atomic E-state index is 13.5. The van der Waals surface area contributed by atoms with Gasteiger partial charge in [0, 0.05) is 17.2 Å². The maximum Gasteiger partial charge on any atom is 0.144 e. The third-order valence-corrected chi connectivity index (χ3v) is 6.45. The average Bonchev–Trinajstić information content (AvgIpc) is 2.91. The minimum Gasteiger partial charge on any atom is -0.375 e. The van der Waals surface area contributed by atoms with Crippen molar-refractivity contribution in [3.05, 3.63) is 94.5 Å². The predicted molar refractivity (Wildman–Crippen MR) is 123 cm³/mol. The number of rotatable bonds is 2. The van der Waals surface area contributed by atoms with Crippen LogP contribution in [0.2, 0.25) is 5.02 Å². The molecule has 5 rings (SSSR count). The summed E-state index contributed by atoms with van der Waals surface area (Å²) in [6.07, 6.45) is 1.29. The average molecular weight is 415 g/mol. The fraction of sp³-hybridized carbons (Fsp3) is 0.231. The molecule has 150 valence electrons. The van der Waals surface area contributed by atoms with Gasteiger partial charge in [0.05, 0.1) is 23.3 Å². The minimum absolute atomic E-state index is 0.119. The molecule has 0 radical (unpaired) electrons. The lowest BCUT2D eigenvalue weighted by Crippen LogP contribution is -2.38. The summed E-state index contributed by atoms with van der Waals surface area (Å²) in [4.78, 5) is 18.5. The Labute approximate surface area is 181 Å². The van der Waals surface area contributed by atoms with E-state index in [1.807, 2.05) is 48.5 Å². The van der Waals surface area contributed by atoms with Gasteiger partial charge in [0.25, 0.3) is 0 Å². The fourth-order valence-electron chi connectivity index (χ4n) is 4.62. The van der Waals surface area contributed by atoms with Gasteiger partial charge in [-0.15, -0.1) is 0 Å². The predicted octanol–water partition coefficient (Wildman–Crippen LogP) is 6.65. The van der Waals surface area contributed by atoms with Crippen LogP contribution in [-0.2, 0) is 4.79 Å². The topological polar surface area (TPSA) is 41.5 Å². The molecule has 0 spiro atoms. The summed E-state index contributed by atoms with van der Waals surface area (Å²) in [5.41, 5.74) is 6.31. The highest BCUT2D eigenvalue weighted by molar-refractivity contribution is 6.30. The lowest BCUT2D eigenvalue weighted by atomic mass is 9.72. The number of hydrogen-bond acceptors (Lipinski definition) is 3. The van der Waals surface area contributed by atoms with Crippen LogP contribution in [0, 0.1) is 12.8 Å². The molecular weight excluding hydrogens is 392 g/mol. The van der Waals surface area contributed by atoms with Crippen molar-refractivity contribution in [2.24, 2.45) is 10.9 Å². The van der Waals surface area contributed by atoms with E-state index in [0.29, 0.717) is 11.4 Å². The molecule has 4 heteroatoms. The second-order valence-electron chi connectivity index (χ2n) is 8.25. The lowest BCUT2D eigenvalue weighted by molar-refractivity contribution is -0.122. The summed E-state index contributed by atoms with van der Waals surface area (Å²) in [5, 5.41) is 4.35. The molecule has 0 bridgehead atoms. The Bertz CT molecular complexity index is 1120. The highest BCUT2D eigenvalue weighted by atomic mass is 35.5. The van der Waals surface area contributed by atoms with Gasteiger partial charge in [-0.3, -0.25) is 9.79 Å². The monoisotopic (exact) mass is 414 g/mol. The van der Waals surface area contributed by atoms with Crippen molar-refractivity contribution in [3.8, 4) is 0 Å². The van der Waals surface area contributed by atoms with E-state index >= 15 is 0 Å². The number of benzene rings is 3. The summed E-state index contributed by atoms with van der Waals surface area (Å²) < 4.78 is 0. The number of fused-ring (bicyclic) bond motifs is 2. The Kier molecular flexibility index (Phi) is 4.92. The van der Waals surface area contributed by atoms with Crippen molar-refractivity contribution in [2.75, 3.05) is 5.32 Å². The molecule has 0 saturated heterocycles. The molecular formula is C26H23ClN2O. The quantitative estimate of drug-likeness (QED) is 0.510. The van der Waals surface area contributed by atoms with E-state index in [-0.39, 0.29) is 23.7 Å². The molecule has 2 aliphatic rings. The van der Waals surface area contributed by atoms with Crippen LogP contribution in [0.5, 0.6) is 0 Å². The molecule has 1 heterocycles. The molecule has 0 unspecified atom stereocenters. The minimum atomic E-state index is -0.261. The Balaban J connectivity index is 1.58. The first-order valence-electron chi connectivity index (χ1n) is 10.4. The molecule has 3 aromatic carbocycles. The molecule has 1 aliphatic carbocycles. The highest BCUT2D eigenvalue weighted by Crippen LogP contribution is 2.44. The number of para-hydroxylation sites is 2. The lowest BCUT2D eigenvalue weighted by Gasteiger charge is -2.34. The molecule has 0 amide bonds. The first kappa shape index (κ1) is 19.1. The third-order valence-electron chi connectivity index (χ3n) is 6.20. The molecule has 1 fully saturated rings. The van der Waals surface area contributed by atoms with Crippen LogP contribution >= 0.6 is 11.6 Å². The zero-order valence-electron chi connectivity index (χ0n) is 16.8. The zero-order valence-corrected chi connectivity index (χ0v) is 17.6. The van der Waals surface area contributed by atoms with Gasteiger partial charge in [0.2, 0.25) is 0 Å². The van der Waals surface area contributed by atoms with Crippen LogP contribution in [0.4, 0.5) is 11.4 Å². The second-order valence-corrected chi connectivity index (χ2v) is 8.69. The van der Waals surface area contributed by atoms with E-state index in [4.69, 9.17) is 16.6 Å². The largest absolute Gasteiger partial charge is 0.375 e. The summed E-state index contributed by atoms with van der Waals surface area (Å²) in [6, 6.07) is 24.2. The molecule has 1 N–H and O–H groups in total. The Morgan fingerprint density at radius 2 is 1.60 bits per heavy atom. The summed E-state index contributed by atoms with van der Waals surface area (Å²) in [7, 11) is 0. The van der Waals surface area contributed by atoms with Crippen molar-refractivity contribution in [1.29, 1.82) is 0 Å². The third kappa shape index (κ3) is 3.54. The number of carbonyl (C=O) groups excluding carboxylic acids is 1. The first-order valence-corrected chi connectivity index (χ1v) is 10.7. The van der Waals surface area contributed by atoms with Crippen LogP contribution in [0.3, 0.4) is 0 Å². The van der Waals surface area contributed by atoms with E-state index in [0.717, 1.165) is 34.6 Å². The van der Waals surface area contributed by atoms with Crippen LogP contribution in [0.25, 0.3) is 0 Å². The van der Waals surface area contributed by atoms with Crippen LogP contribution in [0.15, 0.2) is 77.8 Å². The number of ketones is 1. The Morgan fingerprint density at radius 1 is 0.900 bits per heavy atom. The van der Waals surface area contributed by atoms with E-state index < -0.39 is 0 Å². The van der Waals surface area contributed by atoms with Crippen LogP contribution < -0.4 is 5.32 Å². The van der Waals surface area contributed by atoms with Gasteiger partial charge in [-0.05, 0) is 54.7 Å². The molecule has 0 aromatic heterocycles. The summed E-state index contributed by atoms with van der Waals surface area (Å²) in [6.45, 7) is 2.08. The fourth-order valence-corrected chi connectivity index (χ4v) is 4.75. The summed E-state index contributed by atoms with van der Waals surface area (Å²) in [5.74, 6) is 0.114. The number of nitrogens with one attached hydrogen (secondary N) is 1. The van der Waals surface area contributed by atoms with Gasteiger partial charge < -0.3 is 5.32 Å². The first-order chi connectivity index (χ1) is 14.6. The van der Waals surface area contributed by atoms with Gasteiger partial charge in [0.1, 0.15) is 5.78 Å². The molecule has 3 nitrogen and oxygen atoms in total. The van der Waals surface area contributed by atoms with Crippen LogP contribution in [-0.4, -0.2) is 11.5 Å². The number of nitrogens with zero attached hydrogens (tertiary/aromatic N) is 1. The van der Waals surface area contributed by atoms with E-state index in [2.05, 4.69) is 36.5 Å². The van der Waals surface area contributed by atoms with E-state index in [1.54, 1.807) is 0 Å². The zero-order chi connectivity index (χ0) is 20.7. The Morgan fingerprint density at radius 3 is 2.37 bits per heavy atom. The Hall–Kier alpha value is -2.91. The van der Waals surface area contributed by atoms with Crippen molar-refractivity contribution >= 4 is 34.5 Å². The number of anilines is 1. The number of Topliss-reactive ketones (excluding diaryl/α,β-unsaturated/α-hetero) is 1. The van der Waals surface area contributed by atoms with Crippen LogP contribution in [0.1, 0.15) is 41.5 Å². The van der Waals surface area contributed by atoms with Crippen molar-refractivity contribution in [3.63, 3.8) is 0 Å². The molecule has 1 aliphatic heterocycles. The molecule has 3 atom stereocenters. The van der Waals surface area contributed by atoms with E-state index in [9.17, 15) is 4.79 Å². The number of aryl methyl sites for hydroxylation is 1. The van der Waals surface area contributed by atoms with Crippen molar-refractivity contribution in [2.45, 2.75) is 31.7 Å². The standard InChI is InChI=1S/C26H23ClN2O/c1-16-6-8-18(9-7-16)26-25-23(28-21-4-2-3-5-22(21)29-26)14-19(15-24(25)30)17-10-12-20(27)13-11-17/h2-13,19,25-26,29H,14-15H2,1H3/t19-,25-,26+/m1/s1. The second kappa shape index (κ2) is 7.73. The van der Waals surface area contributed by atoms with Gasteiger partial charge >= 0.3 is 0 Å². The van der Waals surface area contributed by atoms with E-state index in [1.165, 1.54) is 5.56 Å². The number of aliphatic imine (C=N–C) groups is 1. The van der Waals surface area contributed by atoms with Gasteiger partial charge in [-0.25, -0.2) is 0 Å². The number of hydrogen-bond donors (Lipinski definition) is 1. The van der Waals surface area contributed by atoms with Gasteiger partial charge in [-0.2, -0.15) is 0 Å². The normalized spacial score (nSPS) is 22.9. The molecule has 30 heavy (non-hydrogen) atoms. The molecule has 3 aromatic rings. The summed E-state index contributed by atoms with van der Waals surface area (Å²) >= 11 is 6.07. The number of carbonyl (C=O) groups is 1. The SMILES string of the molecule is Cc1ccc([C@@H]2Nc3ccccc3N=C3C[C@@H](c4ccc(Cl)cc4)CC(=O)[C@@H]32)cc1. The van der Waals surface area contributed by atoms with Crippen molar-refractivity contribution in [1.82, 2.24) is 0 Å². The van der Waals surface area contributed by atoms with Gasteiger partial charge in [-0.1, -0.05) is 65.7 Å². The van der Waals surface area contributed by atoms with Crippen molar-refractivity contribution < 1.29 is 4.79 Å². The van der Waals surface area contributed by atoms with Gasteiger partial charge in [0.15, 0.2) is 0 Å². The number of halogens is 1. The highest BCUT2D eigenvalue weighted by Gasteiger charge is 2.41. The maximum absolute atomic E-state index is 13.5.